The molecule has 4 rings (SSSR count). The van der Waals surface area contributed by atoms with Gasteiger partial charge in [0.2, 0.25) is 0 Å². The molecule has 0 saturated carbocycles. The highest BCUT2D eigenvalue weighted by Crippen LogP contribution is 2.31. The first kappa shape index (κ1) is 16.7. The van der Waals surface area contributed by atoms with Crippen LogP contribution in [0.4, 0.5) is 13.2 Å². The molecule has 0 saturated heterocycles. The van der Waals surface area contributed by atoms with E-state index in [1.807, 2.05) is 31.2 Å². The number of alkyl halides is 3. The summed E-state index contributed by atoms with van der Waals surface area (Å²) in [5.74, 6) is -0.263. The average molecular weight is 377 g/mol. The van der Waals surface area contributed by atoms with Gasteiger partial charge in [0.1, 0.15) is 5.75 Å². The average Bonchev–Trinajstić information content (AvgIpc) is 3.00. The Labute approximate surface area is 151 Å². The lowest BCUT2D eigenvalue weighted by Gasteiger charge is -2.08. The number of hydrogen-bond donors (Lipinski definition) is 1. The van der Waals surface area contributed by atoms with E-state index in [0.29, 0.717) is 32.8 Å². The summed E-state index contributed by atoms with van der Waals surface area (Å²) in [6, 6.07) is 13.5. The fourth-order valence-electron chi connectivity index (χ4n) is 2.85. The first-order chi connectivity index (χ1) is 12.3. The second-order valence-corrected chi connectivity index (χ2v) is 6.32. The van der Waals surface area contributed by atoms with Crippen LogP contribution in [0, 0.1) is 6.92 Å². The molecule has 4 aromatic rings. The van der Waals surface area contributed by atoms with Crippen LogP contribution >= 0.6 is 11.6 Å². The maximum absolute atomic E-state index is 12.4. The number of benzene rings is 2. The van der Waals surface area contributed by atoms with Gasteiger partial charge in [-0.05, 0) is 42.8 Å². The molecular formula is C19H12ClF3N2O. The Morgan fingerprint density at radius 1 is 1.00 bits per heavy atom. The minimum atomic E-state index is -4.72. The van der Waals surface area contributed by atoms with E-state index in [-0.39, 0.29) is 5.75 Å². The van der Waals surface area contributed by atoms with E-state index in [0.717, 1.165) is 10.9 Å². The second-order valence-electron chi connectivity index (χ2n) is 5.94. The molecule has 2 aromatic carbocycles. The molecule has 7 heteroatoms. The number of ether oxygens (including phenoxy) is 1. The monoisotopic (exact) mass is 376 g/mol. The minimum Gasteiger partial charge on any atom is -0.406 e. The lowest BCUT2D eigenvalue weighted by atomic mass is 10.1. The predicted octanol–water partition coefficient (Wildman–Crippen LogP) is 6.24. The molecule has 0 amide bonds. The molecule has 2 aromatic heterocycles. The van der Waals surface area contributed by atoms with Gasteiger partial charge < -0.3 is 9.72 Å². The van der Waals surface area contributed by atoms with Crippen molar-refractivity contribution in [1.29, 1.82) is 0 Å². The van der Waals surface area contributed by atoms with E-state index < -0.39 is 6.36 Å². The van der Waals surface area contributed by atoms with Gasteiger partial charge in [-0.3, -0.25) is 0 Å². The molecule has 1 N–H and O–H groups in total. The number of H-pyrrole nitrogens is 1. The van der Waals surface area contributed by atoms with Crippen LogP contribution in [-0.4, -0.2) is 16.3 Å². The number of rotatable bonds is 2. The van der Waals surface area contributed by atoms with Crippen LogP contribution in [0.15, 0.2) is 48.5 Å². The maximum Gasteiger partial charge on any atom is 0.573 e. The van der Waals surface area contributed by atoms with Crippen molar-refractivity contribution < 1.29 is 17.9 Å². The van der Waals surface area contributed by atoms with Gasteiger partial charge in [0, 0.05) is 16.3 Å². The van der Waals surface area contributed by atoms with Crippen LogP contribution in [0.25, 0.3) is 33.2 Å². The summed E-state index contributed by atoms with van der Waals surface area (Å²) in [7, 11) is 0. The largest absolute Gasteiger partial charge is 0.573 e. The smallest absolute Gasteiger partial charge is 0.406 e. The molecule has 0 radical (unpaired) electrons. The Morgan fingerprint density at radius 3 is 2.54 bits per heavy atom. The van der Waals surface area contributed by atoms with E-state index in [4.69, 9.17) is 11.6 Å². The van der Waals surface area contributed by atoms with Gasteiger partial charge in [-0.2, -0.15) is 0 Å². The Balaban J connectivity index is 1.79. The number of aromatic nitrogens is 2. The SMILES string of the molecule is Cc1ccc2ccc(-c3cc4cc(OC(F)(F)F)ccc4[nH]3)nc2c1Cl. The van der Waals surface area contributed by atoms with Crippen LogP contribution in [0.3, 0.4) is 0 Å². The highest BCUT2D eigenvalue weighted by atomic mass is 35.5. The summed E-state index contributed by atoms with van der Waals surface area (Å²) in [5.41, 5.74) is 3.63. The van der Waals surface area contributed by atoms with Crippen molar-refractivity contribution in [2.45, 2.75) is 13.3 Å². The van der Waals surface area contributed by atoms with Crippen molar-refractivity contribution in [2.75, 3.05) is 0 Å². The number of hydrogen-bond acceptors (Lipinski definition) is 2. The van der Waals surface area contributed by atoms with Crippen LogP contribution < -0.4 is 4.74 Å². The zero-order valence-corrected chi connectivity index (χ0v) is 14.2. The molecule has 26 heavy (non-hydrogen) atoms. The highest BCUT2D eigenvalue weighted by molar-refractivity contribution is 6.35. The zero-order chi connectivity index (χ0) is 18.5. The van der Waals surface area contributed by atoms with Crippen LogP contribution in [0.2, 0.25) is 5.02 Å². The van der Waals surface area contributed by atoms with Gasteiger partial charge in [-0.1, -0.05) is 29.8 Å². The Kier molecular flexibility index (Phi) is 3.80. The van der Waals surface area contributed by atoms with E-state index in [2.05, 4.69) is 14.7 Å². The summed E-state index contributed by atoms with van der Waals surface area (Å²) < 4.78 is 41.1. The highest BCUT2D eigenvalue weighted by Gasteiger charge is 2.31. The van der Waals surface area contributed by atoms with Crippen molar-refractivity contribution in [3.8, 4) is 17.1 Å². The molecule has 3 nitrogen and oxygen atoms in total. The van der Waals surface area contributed by atoms with Gasteiger partial charge in [0.05, 0.1) is 21.9 Å². The molecule has 0 aliphatic rings. The molecular weight excluding hydrogens is 365 g/mol. The van der Waals surface area contributed by atoms with Gasteiger partial charge in [0.25, 0.3) is 0 Å². The first-order valence-corrected chi connectivity index (χ1v) is 8.13. The third-order valence-corrected chi connectivity index (χ3v) is 4.57. The van der Waals surface area contributed by atoms with Gasteiger partial charge in [-0.15, -0.1) is 13.2 Å². The molecule has 2 heterocycles. The van der Waals surface area contributed by atoms with Crippen molar-refractivity contribution in [1.82, 2.24) is 9.97 Å². The number of aryl methyl sites for hydroxylation is 1. The zero-order valence-electron chi connectivity index (χ0n) is 13.5. The van der Waals surface area contributed by atoms with Crippen LogP contribution in [0.5, 0.6) is 5.75 Å². The van der Waals surface area contributed by atoms with Crippen molar-refractivity contribution in [3.05, 3.63) is 59.1 Å². The molecule has 0 unspecified atom stereocenters. The lowest BCUT2D eigenvalue weighted by Crippen LogP contribution is -2.16. The molecule has 0 fully saturated rings. The minimum absolute atomic E-state index is 0.263. The Bertz CT molecular complexity index is 1130. The third kappa shape index (κ3) is 3.08. The normalized spacial score (nSPS) is 12.0. The molecule has 0 aliphatic heterocycles. The first-order valence-electron chi connectivity index (χ1n) is 7.75. The number of halogens is 4. The van der Waals surface area contributed by atoms with E-state index in [1.165, 1.54) is 18.2 Å². The van der Waals surface area contributed by atoms with Crippen molar-refractivity contribution >= 4 is 33.4 Å². The Morgan fingerprint density at radius 2 is 1.77 bits per heavy atom. The molecule has 0 bridgehead atoms. The van der Waals surface area contributed by atoms with Gasteiger partial charge >= 0.3 is 6.36 Å². The summed E-state index contributed by atoms with van der Waals surface area (Å²) >= 11 is 6.35. The lowest BCUT2D eigenvalue weighted by molar-refractivity contribution is -0.274. The standard InChI is InChI=1S/C19H12ClF3N2O/c1-10-2-3-11-4-6-15(25-18(11)17(10)20)16-9-12-8-13(26-19(21,22)23)5-7-14(12)24-16/h2-9,24H,1H3. The van der Waals surface area contributed by atoms with Crippen LogP contribution in [0.1, 0.15) is 5.56 Å². The quantitative estimate of drug-likeness (QED) is 0.449. The summed E-state index contributed by atoms with van der Waals surface area (Å²) in [6.07, 6.45) is -4.72. The van der Waals surface area contributed by atoms with Gasteiger partial charge in [-0.25, -0.2) is 4.98 Å². The van der Waals surface area contributed by atoms with E-state index in [9.17, 15) is 13.2 Å². The Hall–Kier alpha value is -2.73. The van der Waals surface area contributed by atoms with Crippen molar-refractivity contribution in [2.24, 2.45) is 0 Å². The summed E-state index contributed by atoms with van der Waals surface area (Å²) in [6.45, 7) is 1.90. The van der Waals surface area contributed by atoms with Crippen LogP contribution in [-0.2, 0) is 0 Å². The molecule has 0 atom stereocenters. The van der Waals surface area contributed by atoms with Crippen molar-refractivity contribution in [3.63, 3.8) is 0 Å². The molecule has 0 aliphatic carbocycles. The van der Waals surface area contributed by atoms with E-state index >= 15 is 0 Å². The topological polar surface area (TPSA) is 37.9 Å². The maximum atomic E-state index is 12.4. The molecule has 132 valence electrons. The predicted molar refractivity (Wildman–Crippen MR) is 95.5 cm³/mol. The number of nitrogens with one attached hydrogen (secondary N) is 1. The summed E-state index contributed by atoms with van der Waals surface area (Å²) in [5, 5.41) is 2.10. The van der Waals surface area contributed by atoms with Gasteiger partial charge in [0.15, 0.2) is 0 Å². The number of nitrogens with zero attached hydrogens (tertiary/aromatic N) is 1. The molecule has 0 spiro atoms. The second kappa shape index (κ2) is 5.92. The number of pyridine rings is 1. The number of fused-ring (bicyclic) bond motifs is 2. The third-order valence-electron chi connectivity index (χ3n) is 4.10. The summed E-state index contributed by atoms with van der Waals surface area (Å²) in [4.78, 5) is 7.77. The number of aromatic amines is 1. The van der Waals surface area contributed by atoms with E-state index in [1.54, 1.807) is 6.07 Å². The fourth-order valence-corrected chi connectivity index (χ4v) is 3.07. The fraction of sp³-hybridized carbons (Fsp3) is 0.105.